The summed E-state index contributed by atoms with van der Waals surface area (Å²) in [5.74, 6) is -1.16. The first-order valence-corrected chi connectivity index (χ1v) is 6.53. The quantitative estimate of drug-likeness (QED) is 0.872. The molecule has 0 aliphatic heterocycles. The van der Waals surface area contributed by atoms with E-state index in [0.717, 1.165) is 0 Å². The Hall–Kier alpha value is -3.20. The Bertz CT molecular complexity index is 723. The summed E-state index contributed by atoms with van der Waals surface area (Å²) in [5, 5.41) is 11.4. The van der Waals surface area contributed by atoms with Crippen LogP contribution in [0.2, 0.25) is 0 Å². The summed E-state index contributed by atoms with van der Waals surface area (Å²) in [6.45, 7) is 1.46. The number of hydrogen-bond acceptors (Lipinski definition) is 5. The smallest absolute Gasteiger partial charge is 0.357 e. The average Bonchev–Trinajstić information content (AvgIpc) is 2.55. The highest BCUT2D eigenvalue weighted by molar-refractivity contribution is 5.96. The van der Waals surface area contributed by atoms with Gasteiger partial charge in [-0.1, -0.05) is 12.1 Å². The van der Waals surface area contributed by atoms with Crippen LogP contribution in [0.25, 0.3) is 0 Å². The van der Waals surface area contributed by atoms with Gasteiger partial charge in [-0.15, -0.1) is 0 Å². The summed E-state index contributed by atoms with van der Waals surface area (Å²) in [7, 11) is 0. The van der Waals surface area contributed by atoms with Gasteiger partial charge in [-0.25, -0.2) is 9.78 Å². The lowest BCUT2D eigenvalue weighted by Gasteiger charge is -2.13. The Balaban J connectivity index is 1.97. The molecule has 0 fully saturated rings. The first kappa shape index (κ1) is 15.2. The molecule has 110 valence electrons. The van der Waals surface area contributed by atoms with Crippen LogP contribution in [0, 0.1) is 11.3 Å². The minimum atomic E-state index is -0.986. The van der Waals surface area contributed by atoms with Crippen LogP contribution >= 0.6 is 0 Å². The molecule has 0 aliphatic rings. The van der Waals surface area contributed by atoms with Gasteiger partial charge in [0.25, 0.3) is 5.91 Å². The molecule has 0 saturated carbocycles. The molecule has 1 aromatic heterocycles. The molecule has 0 saturated heterocycles. The van der Waals surface area contributed by atoms with Crippen molar-refractivity contribution in [2.75, 3.05) is 5.32 Å². The van der Waals surface area contributed by atoms with Crippen LogP contribution in [0.1, 0.15) is 23.0 Å². The highest BCUT2D eigenvalue weighted by Gasteiger charge is 2.19. The summed E-state index contributed by atoms with van der Waals surface area (Å²) in [4.78, 5) is 27.6. The molecule has 0 aliphatic carbocycles. The SMILES string of the molecule is CC(OC(=O)c1ccccn1)C(=O)Nc1cccc(C#N)c1. The molecule has 6 heteroatoms. The molecule has 1 aromatic carbocycles. The molecular formula is C16H13N3O3. The van der Waals surface area contributed by atoms with Crippen LogP contribution in [0.15, 0.2) is 48.7 Å². The van der Waals surface area contributed by atoms with E-state index in [9.17, 15) is 9.59 Å². The minimum Gasteiger partial charge on any atom is -0.448 e. The van der Waals surface area contributed by atoms with Crippen molar-refractivity contribution in [1.29, 1.82) is 5.26 Å². The Morgan fingerprint density at radius 3 is 2.77 bits per heavy atom. The Morgan fingerprint density at radius 1 is 1.27 bits per heavy atom. The zero-order valence-corrected chi connectivity index (χ0v) is 11.8. The highest BCUT2D eigenvalue weighted by Crippen LogP contribution is 2.11. The first-order chi connectivity index (χ1) is 10.6. The van der Waals surface area contributed by atoms with E-state index in [1.807, 2.05) is 6.07 Å². The Kier molecular flexibility index (Phi) is 4.83. The maximum absolute atomic E-state index is 12.0. The summed E-state index contributed by atoms with van der Waals surface area (Å²) >= 11 is 0. The van der Waals surface area contributed by atoms with E-state index in [2.05, 4.69) is 10.3 Å². The van der Waals surface area contributed by atoms with Crippen molar-refractivity contribution in [3.8, 4) is 6.07 Å². The van der Waals surface area contributed by atoms with Crippen LogP contribution in [0.3, 0.4) is 0 Å². The number of carbonyl (C=O) groups excluding carboxylic acids is 2. The monoisotopic (exact) mass is 295 g/mol. The van der Waals surface area contributed by atoms with E-state index in [-0.39, 0.29) is 5.69 Å². The van der Waals surface area contributed by atoms with E-state index in [4.69, 9.17) is 10.00 Å². The van der Waals surface area contributed by atoms with Crippen molar-refractivity contribution in [3.63, 3.8) is 0 Å². The minimum absolute atomic E-state index is 0.133. The van der Waals surface area contributed by atoms with Gasteiger partial charge in [0.1, 0.15) is 5.69 Å². The number of anilines is 1. The number of ether oxygens (including phenoxy) is 1. The molecule has 1 N–H and O–H groups in total. The summed E-state index contributed by atoms with van der Waals surface area (Å²) < 4.78 is 5.05. The van der Waals surface area contributed by atoms with Gasteiger partial charge < -0.3 is 10.1 Å². The van der Waals surface area contributed by atoms with Crippen LogP contribution < -0.4 is 5.32 Å². The Morgan fingerprint density at radius 2 is 2.09 bits per heavy atom. The molecule has 1 heterocycles. The third kappa shape index (κ3) is 3.90. The lowest BCUT2D eigenvalue weighted by molar-refractivity contribution is -0.123. The van der Waals surface area contributed by atoms with Gasteiger partial charge in [-0.2, -0.15) is 5.26 Å². The number of pyridine rings is 1. The van der Waals surface area contributed by atoms with E-state index >= 15 is 0 Å². The van der Waals surface area contributed by atoms with Crippen LogP contribution in [-0.4, -0.2) is 23.0 Å². The predicted octanol–water partition coefficient (Wildman–Crippen LogP) is 2.14. The molecule has 0 bridgehead atoms. The van der Waals surface area contributed by atoms with Crippen LogP contribution in [-0.2, 0) is 9.53 Å². The average molecular weight is 295 g/mol. The zero-order valence-electron chi connectivity index (χ0n) is 11.8. The summed E-state index contributed by atoms with van der Waals surface area (Å²) in [6, 6.07) is 13.3. The highest BCUT2D eigenvalue weighted by atomic mass is 16.5. The maximum atomic E-state index is 12.0. The number of carbonyl (C=O) groups is 2. The third-order valence-corrected chi connectivity index (χ3v) is 2.79. The van der Waals surface area contributed by atoms with E-state index < -0.39 is 18.0 Å². The van der Waals surface area contributed by atoms with Gasteiger partial charge >= 0.3 is 5.97 Å². The fourth-order valence-corrected chi connectivity index (χ4v) is 1.67. The normalized spacial score (nSPS) is 11.1. The van der Waals surface area contributed by atoms with E-state index in [0.29, 0.717) is 11.3 Å². The second kappa shape index (κ2) is 6.99. The largest absolute Gasteiger partial charge is 0.448 e. The molecule has 2 rings (SSSR count). The van der Waals surface area contributed by atoms with Crippen molar-refractivity contribution >= 4 is 17.6 Å². The lowest BCUT2D eigenvalue weighted by atomic mass is 10.2. The van der Waals surface area contributed by atoms with Crippen molar-refractivity contribution in [2.24, 2.45) is 0 Å². The number of nitriles is 1. The van der Waals surface area contributed by atoms with Gasteiger partial charge in [-0.3, -0.25) is 4.79 Å². The number of hydrogen-bond donors (Lipinski definition) is 1. The standard InChI is InChI=1S/C16H13N3O3/c1-11(22-16(21)14-7-2-3-8-18-14)15(20)19-13-6-4-5-12(9-13)10-17/h2-9,11H,1H3,(H,19,20). The van der Waals surface area contributed by atoms with Gasteiger partial charge in [0.05, 0.1) is 11.6 Å². The summed E-state index contributed by atoms with van der Waals surface area (Å²) in [6.07, 6.45) is 0.481. The van der Waals surface area contributed by atoms with E-state index in [1.54, 1.807) is 30.3 Å². The third-order valence-electron chi connectivity index (χ3n) is 2.79. The lowest BCUT2D eigenvalue weighted by Crippen LogP contribution is -2.30. The maximum Gasteiger partial charge on any atom is 0.357 e. The zero-order chi connectivity index (χ0) is 15.9. The molecule has 2 aromatic rings. The first-order valence-electron chi connectivity index (χ1n) is 6.53. The topological polar surface area (TPSA) is 92.1 Å². The molecule has 22 heavy (non-hydrogen) atoms. The number of nitrogens with zero attached hydrogens (tertiary/aromatic N) is 2. The van der Waals surface area contributed by atoms with Crippen molar-refractivity contribution < 1.29 is 14.3 Å². The molecule has 0 spiro atoms. The van der Waals surface area contributed by atoms with Gasteiger partial charge in [0.2, 0.25) is 0 Å². The number of nitrogens with one attached hydrogen (secondary N) is 1. The van der Waals surface area contributed by atoms with Crippen molar-refractivity contribution in [1.82, 2.24) is 4.98 Å². The molecule has 1 unspecified atom stereocenters. The molecule has 0 radical (unpaired) electrons. The number of amides is 1. The second-order valence-corrected chi connectivity index (χ2v) is 4.44. The van der Waals surface area contributed by atoms with Gasteiger partial charge in [-0.05, 0) is 37.3 Å². The molecule has 6 nitrogen and oxygen atoms in total. The number of benzene rings is 1. The fourth-order valence-electron chi connectivity index (χ4n) is 1.67. The number of rotatable bonds is 4. The second-order valence-electron chi connectivity index (χ2n) is 4.44. The van der Waals surface area contributed by atoms with E-state index in [1.165, 1.54) is 25.3 Å². The number of esters is 1. The van der Waals surface area contributed by atoms with Gasteiger partial charge in [0.15, 0.2) is 6.10 Å². The summed E-state index contributed by atoms with van der Waals surface area (Å²) in [5.41, 5.74) is 1.02. The van der Waals surface area contributed by atoms with Crippen LogP contribution in [0.4, 0.5) is 5.69 Å². The Labute approximate surface area is 127 Å². The fraction of sp³-hybridized carbons (Fsp3) is 0.125. The number of aromatic nitrogens is 1. The molecule has 1 atom stereocenters. The van der Waals surface area contributed by atoms with Gasteiger partial charge in [0, 0.05) is 11.9 Å². The van der Waals surface area contributed by atoms with Crippen LogP contribution in [0.5, 0.6) is 0 Å². The molecular weight excluding hydrogens is 282 g/mol. The van der Waals surface area contributed by atoms with Crippen molar-refractivity contribution in [3.05, 3.63) is 59.9 Å². The predicted molar refractivity (Wildman–Crippen MR) is 78.9 cm³/mol. The molecule has 1 amide bonds. The van der Waals surface area contributed by atoms with Crippen molar-refractivity contribution in [2.45, 2.75) is 13.0 Å².